The lowest BCUT2D eigenvalue weighted by Gasteiger charge is -2.30. The summed E-state index contributed by atoms with van der Waals surface area (Å²) in [6, 6.07) is 20.5. The molecule has 0 amide bonds. The molecule has 2 aromatic rings. The normalized spacial score (nSPS) is 16.5. The van der Waals surface area contributed by atoms with E-state index < -0.39 is 0 Å². The number of ether oxygens (including phenoxy) is 2. The SMILES string of the molecule is [Cl-].c1ccc(OC(CN2CCOCC2)c2ccccc2)cc1. The molecule has 3 rings (SSSR count). The highest BCUT2D eigenvalue weighted by molar-refractivity contribution is 5.24. The lowest BCUT2D eigenvalue weighted by molar-refractivity contribution is -0.0000105. The van der Waals surface area contributed by atoms with Crippen molar-refractivity contribution in [1.82, 2.24) is 4.90 Å². The van der Waals surface area contributed by atoms with Gasteiger partial charge in [-0.05, 0) is 17.7 Å². The Morgan fingerprint density at radius 2 is 1.50 bits per heavy atom. The van der Waals surface area contributed by atoms with Crippen LogP contribution in [0, 0.1) is 0 Å². The van der Waals surface area contributed by atoms with Crippen LogP contribution >= 0.6 is 0 Å². The summed E-state index contributed by atoms with van der Waals surface area (Å²) in [7, 11) is 0. The van der Waals surface area contributed by atoms with Crippen LogP contribution in [0.5, 0.6) is 5.75 Å². The number of para-hydroxylation sites is 1. The molecular weight excluding hydrogens is 298 g/mol. The predicted octanol–water partition coefficient (Wildman–Crippen LogP) is 0.143. The van der Waals surface area contributed by atoms with Crippen LogP contribution in [0.25, 0.3) is 0 Å². The Bertz CT molecular complexity index is 529. The zero-order valence-corrected chi connectivity index (χ0v) is 13.3. The van der Waals surface area contributed by atoms with E-state index in [0.29, 0.717) is 0 Å². The molecule has 118 valence electrons. The highest BCUT2D eigenvalue weighted by Crippen LogP contribution is 2.23. The summed E-state index contributed by atoms with van der Waals surface area (Å²) in [5.74, 6) is 0.916. The van der Waals surface area contributed by atoms with E-state index in [9.17, 15) is 0 Å². The molecule has 0 saturated carbocycles. The molecule has 1 fully saturated rings. The van der Waals surface area contributed by atoms with E-state index in [1.54, 1.807) is 0 Å². The fraction of sp³-hybridized carbons (Fsp3) is 0.333. The maximum atomic E-state index is 6.22. The summed E-state index contributed by atoms with van der Waals surface area (Å²) >= 11 is 0. The van der Waals surface area contributed by atoms with Crippen LogP contribution in [0.3, 0.4) is 0 Å². The van der Waals surface area contributed by atoms with Crippen LogP contribution in [-0.2, 0) is 4.74 Å². The zero-order valence-electron chi connectivity index (χ0n) is 12.5. The first-order valence-corrected chi connectivity index (χ1v) is 7.48. The van der Waals surface area contributed by atoms with Gasteiger partial charge in [0.25, 0.3) is 0 Å². The third-order valence-corrected chi connectivity index (χ3v) is 3.72. The van der Waals surface area contributed by atoms with E-state index in [-0.39, 0.29) is 18.5 Å². The lowest BCUT2D eigenvalue weighted by Crippen LogP contribution is -3.00. The minimum Gasteiger partial charge on any atom is -1.00 e. The van der Waals surface area contributed by atoms with Gasteiger partial charge in [-0.1, -0.05) is 48.5 Å². The highest BCUT2D eigenvalue weighted by atomic mass is 35.5. The Labute approximate surface area is 138 Å². The van der Waals surface area contributed by atoms with Crippen LogP contribution < -0.4 is 17.1 Å². The van der Waals surface area contributed by atoms with Crippen molar-refractivity contribution in [3.63, 3.8) is 0 Å². The van der Waals surface area contributed by atoms with Gasteiger partial charge in [-0.3, -0.25) is 4.90 Å². The van der Waals surface area contributed by atoms with E-state index in [4.69, 9.17) is 9.47 Å². The second-order valence-electron chi connectivity index (χ2n) is 5.24. The zero-order chi connectivity index (χ0) is 14.3. The van der Waals surface area contributed by atoms with Gasteiger partial charge in [-0.15, -0.1) is 0 Å². The Kier molecular flexibility index (Phi) is 6.72. The van der Waals surface area contributed by atoms with Crippen molar-refractivity contribution in [2.24, 2.45) is 0 Å². The fourth-order valence-corrected chi connectivity index (χ4v) is 2.56. The Morgan fingerprint density at radius 1 is 0.909 bits per heavy atom. The van der Waals surface area contributed by atoms with Gasteiger partial charge in [0.05, 0.1) is 13.2 Å². The second-order valence-corrected chi connectivity index (χ2v) is 5.24. The van der Waals surface area contributed by atoms with Gasteiger partial charge in [0.2, 0.25) is 0 Å². The number of morpholine rings is 1. The molecule has 1 aliphatic heterocycles. The van der Waals surface area contributed by atoms with Crippen molar-refractivity contribution >= 4 is 0 Å². The average Bonchev–Trinajstić information content (AvgIpc) is 2.57. The van der Waals surface area contributed by atoms with Crippen LogP contribution in [0.15, 0.2) is 60.7 Å². The average molecular weight is 319 g/mol. The molecule has 4 heteroatoms. The molecule has 1 heterocycles. The summed E-state index contributed by atoms with van der Waals surface area (Å²) in [6.07, 6.45) is 0.0479. The van der Waals surface area contributed by atoms with Crippen molar-refractivity contribution in [3.8, 4) is 5.75 Å². The predicted molar refractivity (Wildman–Crippen MR) is 83.5 cm³/mol. The smallest absolute Gasteiger partial charge is 0.136 e. The third-order valence-electron chi connectivity index (χ3n) is 3.72. The summed E-state index contributed by atoms with van der Waals surface area (Å²) < 4.78 is 11.6. The van der Waals surface area contributed by atoms with Crippen molar-refractivity contribution in [3.05, 3.63) is 66.2 Å². The summed E-state index contributed by atoms with van der Waals surface area (Å²) in [6.45, 7) is 4.46. The van der Waals surface area contributed by atoms with Crippen molar-refractivity contribution in [1.29, 1.82) is 0 Å². The molecule has 1 unspecified atom stereocenters. The first-order chi connectivity index (χ1) is 10.4. The molecule has 22 heavy (non-hydrogen) atoms. The monoisotopic (exact) mass is 318 g/mol. The number of nitrogens with zero attached hydrogens (tertiary/aromatic N) is 1. The first-order valence-electron chi connectivity index (χ1n) is 7.48. The van der Waals surface area contributed by atoms with Gasteiger partial charge in [-0.25, -0.2) is 0 Å². The first kappa shape index (κ1) is 16.8. The standard InChI is InChI=1S/C18H21NO2.ClH/c1-3-7-16(8-4-1)18(15-19-11-13-20-14-12-19)21-17-9-5-2-6-10-17;/h1-10,18H,11-15H2;1H/p-1. The Balaban J connectivity index is 0.00000176. The minimum atomic E-state index is 0. The molecule has 1 aliphatic rings. The van der Waals surface area contributed by atoms with E-state index in [0.717, 1.165) is 38.6 Å². The minimum absolute atomic E-state index is 0. The van der Waals surface area contributed by atoms with Crippen molar-refractivity contribution < 1.29 is 21.9 Å². The molecule has 0 N–H and O–H groups in total. The Hall–Kier alpha value is -1.55. The molecule has 3 nitrogen and oxygen atoms in total. The molecule has 0 spiro atoms. The third kappa shape index (κ3) is 4.73. The van der Waals surface area contributed by atoms with Gasteiger partial charge in [0.1, 0.15) is 11.9 Å². The number of benzene rings is 2. The number of hydrogen-bond acceptors (Lipinski definition) is 3. The van der Waals surface area contributed by atoms with E-state index >= 15 is 0 Å². The van der Waals surface area contributed by atoms with E-state index in [2.05, 4.69) is 29.2 Å². The topological polar surface area (TPSA) is 21.7 Å². The quantitative estimate of drug-likeness (QED) is 0.783. The fourth-order valence-electron chi connectivity index (χ4n) is 2.56. The van der Waals surface area contributed by atoms with Crippen molar-refractivity contribution in [2.75, 3.05) is 32.8 Å². The van der Waals surface area contributed by atoms with Crippen molar-refractivity contribution in [2.45, 2.75) is 6.10 Å². The van der Waals surface area contributed by atoms with Gasteiger partial charge >= 0.3 is 0 Å². The maximum absolute atomic E-state index is 6.22. The van der Waals surface area contributed by atoms with Crippen LogP contribution in [0.4, 0.5) is 0 Å². The lowest BCUT2D eigenvalue weighted by atomic mass is 10.1. The maximum Gasteiger partial charge on any atom is 0.136 e. The van der Waals surface area contributed by atoms with Gasteiger partial charge in [0, 0.05) is 19.6 Å². The molecule has 1 saturated heterocycles. The number of rotatable bonds is 5. The van der Waals surface area contributed by atoms with Crippen LogP contribution in [0.2, 0.25) is 0 Å². The molecule has 1 atom stereocenters. The molecule has 0 radical (unpaired) electrons. The summed E-state index contributed by atoms with van der Waals surface area (Å²) in [4.78, 5) is 2.41. The molecule has 0 aromatic heterocycles. The second kappa shape index (κ2) is 8.79. The van der Waals surface area contributed by atoms with E-state index in [1.165, 1.54) is 5.56 Å². The molecule has 0 bridgehead atoms. The summed E-state index contributed by atoms with van der Waals surface area (Å²) in [5.41, 5.74) is 1.22. The Morgan fingerprint density at radius 3 is 2.14 bits per heavy atom. The van der Waals surface area contributed by atoms with Crippen LogP contribution in [-0.4, -0.2) is 37.7 Å². The summed E-state index contributed by atoms with van der Waals surface area (Å²) in [5, 5.41) is 0. The largest absolute Gasteiger partial charge is 1.00 e. The molecule has 0 aliphatic carbocycles. The molecular formula is C18H21ClNO2-. The highest BCUT2D eigenvalue weighted by Gasteiger charge is 2.19. The van der Waals surface area contributed by atoms with Gasteiger partial charge < -0.3 is 21.9 Å². The van der Waals surface area contributed by atoms with Crippen LogP contribution in [0.1, 0.15) is 11.7 Å². The number of halogens is 1. The molecule has 2 aromatic carbocycles. The number of hydrogen-bond donors (Lipinski definition) is 0. The van der Waals surface area contributed by atoms with Gasteiger partial charge in [-0.2, -0.15) is 0 Å². The van der Waals surface area contributed by atoms with Gasteiger partial charge in [0.15, 0.2) is 0 Å². The van der Waals surface area contributed by atoms with E-state index in [1.807, 2.05) is 36.4 Å².